The molecule has 5 nitrogen and oxygen atoms in total. The van der Waals surface area contributed by atoms with Gasteiger partial charge in [0.05, 0.1) is 12.7 Å². The first-order valence-corrected chi connectivity index (χ1v) is 9.80. The van der Waals surface area contributed by atoms with Crippen LogP contribution < -0.4 is 4.74 Å². The number of ether oxygens (including phenoxy) is 1. The van der Waals surface area contributed by atoms with Crippen LogP contribution in [0, 0.1) is 5.41 Å². The fourth-order valence-corrected chi connectivity index (χ4v) is 4.12. The zero-order valence-corrected chi connectivity index (χ0v) is 16.9. The highest BCUT2D eigenvalue weighted by Gasteiger charge is 2.52. The van der Waals surface area contributed by atoms with Crippen LogP contribution in [0.25, 0.3) is 6.08 Å². The molecule has 140 valence electrons. The number of likely N-dealkylation sites (tertiary alicyclic amines) is 2. The molecule has 1 aromatic heterocycles. The van der Waals surface area contributed by atoms with Gasteiger partial charge in [0.25, 0.3) is 5.91 Å². The third kappa shape index (κ3) is 3.92. The molecule has 0 N–H and O–H groups in total. The van der Waals surface area contributed by atoms with Gasteiger partial charge in [0.1, 0.15) is 0 Å². The van der Waals surface area contributed by atoms with Gasteiger partial charge in [0.2, 0.25) is 5.88 Å². The molecule has 2 aromatic rings. The van der Waals surface area contributed by atoms with Gasteiger partial charge in [-0.1, -0.05) is 40.2 Å². The number of hydrogen-bond acceptors (Lipinski definition) is 4. The minimum Gasteiger partial charge on any atom is -0.481 e. The maximum atomic E-state index is 12.5. The number of halogens is 1. The number of aromatic nitrogens is 1. The lowest BCUT2D eigenvalue weighted by Gasteiger charge is -2.60. The van der Waals surface area contributed by atoms with Crippen LogP contribution in [0.1, 0.15) is 15.9 Å². The standard InChI is InChI=1S/C21H22BrN3O2/c1-27-19-9-6-17(11-23-19)20(26)25-14-21(15-25)12-24(13-21)10-2-3-16-4-7-18(22)8-5-16/h2-9,11H,10,12-15H2,1H3/b3-2+. The lowest BCUT2D eigenvalue weighted by molar-refractivity contribution is -0.0933. The predicted octanol–water partition coefficient (Wildman–Crippen LogP) is 3.32. The van der Waals surface area contributed by atoms with Gasteiger partial charge in [0, 0.05) is 54.9 Å². The Labute approximate surface area is 167 Å². The minimum absolute atomic E-state index is 0.0596. The van der Waals surface area contributed by atoms with E-state index < -0.39 is 0 Å². The summed E-state index contributed by atoms with van der Waals surface area (Å²) < 4.78 is 6.13. The largest absolute Gasteiger partial charge is 0.481 e. The molecule has 2 saturated heterocycles. The quantitative estimate of drug-likeness (QED) is 0.733. The maximum Gasteiger partial charge on any atom is 0.255 e. The molecule has 3 heterocycles. The fraction of sp³-hybridized carbons (Fsp3) is 0.333. The number of methoxy groups -OCH3 is 1. The molecule has 2 aliphatic heterocycles. The topological polar surface area (TPSA) is 45.7 Å². The molecular formula is C21H22BrN3O2. The normalized spacial score (nSPS) is 18.4. The molecule has 6 heteroatoms. The third-order valence-corrected chi connectivity index (χ3v) is 5.72. The van der Waals surface area contributed by atoms with Crippen molar-refractivity contribution in [2.45, 2.75) is 0 Å². The van der Waals surface area contributed by atoms with E-state index >= 15 is 0 Å². The molecule has 0 radical (unpaired) electrons. The highest BCUT2D eigenvalue weighted by Crippen LogP contribution is 2.40. The van der Waals surface area contributed by atoms with Gasteiger partial charge in [-0.3, -0.25) is 9.69 Å². The molecule has 0 saturated carbocycles. The average molecular weight is 428 g/mol. The molecule has 0 unspecified atom stereocenters. The van der Waals surface area contributed by atoms with E-state index in [1.807, 2.05) is 4.90 Å². The summed E-state index contributed by atoms with van der Waals surface area (Å²) in [7, 11) is 1.57. The van der Waals surface area contributed by atoms with Crippen molar-refractivity contribution in [3.8, 4) is 5.88 Å². The van der Waals surface area contributed by atoms with E-state index in [1.165, 1.54) is 5.56 Å². The number of benzene rings is 1. The molecule has 0 atom stereocenters. The van der Waals surface area contributed by atoms with Crippen LogP contribution in [-0.2, 0) is 0 Å². The van der Waals surface area contributed by atoms with Crippen molar-refractivity contribution < 1.29 is 9.53 Å². The first kappa shape index (κ1) is 18.2. The fourth-order valence-electron chi connectivity index (χ4n) is 3.86. The van der Waals surface area contributed by atoms with Crippen LogP contribution in [-0.4, -0.2) is 60.5 Å². The highest BCUT2D eigenvalue weighted by atomic mass is 79.9. The Balaban J connectivity index is 1.22. The van der Waals surface area contributed by atoms with Gasteiger partial charge in [-0.15, -0.1) is 0 Å². The lowest BCUT2D eigenvalue weighted by Crippen LogP contribution is -2.72. The number of carbonyl (C=O) groups is 1. The van der Waals surface area contributed by atoms with E-state index in [-0.39, 0.29) is 5.91 Å². The van der Waals surface area contributed by atoms with Crippen LogP contribution in [0.3, 0.4) is 0 Å². The summed E-state index contributed by atoms with van der Waals surface area (Å²) in [6.07, 6.45) is 5.96. The molecule has 1 aromatic carbocycles. The molecule has 0 bridgehead atoms. The Morgan fingerprint density at radius 2 is 1.93 bits per heavy atom. The van der Waals surface area contributed by atoms with E-state index in [0.29, 0.717) is 16.9 Å². The van der Waals surface area contributed by atoms with E-state index in [4.69, 9.17) is 4.74 Å². The van der Waals surface area contributed by atoms with E-state index in [2.05, 4.69) is 62.2 Å². The molecule has 27 heavy (non-hydrogen) atoms. The summed E-state index contributed by atoms with van der Waals surface area (Å²) in [5.74, 6) is 0.585. The van der Waals surface area contributed by atoms with Crippen LogP contribution >= 0.6 is 15.9 Å². The number of nitrogens with zero attached hydrogens (tertiary/aromatic N) is 3. The van der Waals surface area contributed by atoms with Crippen molar-refractivity contribution >= 4 is 27.9 Å². The lowest BCUT2D eigenvalue weighted by atomic mass is 9.72. The number of rotatable bonds is 5. The third-order valence-electron chi connectivity index (χ3n) is 5.19. The van der Waals surface area contributed by atoms with Crippen LogP contribution in [0.2, 0.25) is 0 Å². The SMILES string of the molecule is COc1ccc(C(=O)N2CC3(CN(C/C=C/c4ccc(Br)cc4)C3)C2)cn1. The second kappa shape index (κ2) is 7.44. The van der Waals surface area contributed by atoms with Gasteiger partial charge >= 0.3 is 0 Å². The van der Waals surface area contributed by atoms with Crippen molar-refractivity contribution in [1.29, 1.82) is 0 Å². The number of carbonyl (C=O) groups excluding carboxylic acids is 1. The summed E-state index contributed by atoms with van der Waals surface area (Å²) >= 11 is 3.45. The molecule has 2 aliphatic rings. The molecule has 1 spiro atoms. The Morgan fingerprint density at radius 3 is 2.56 bits per heavy atom. The first-order chi connectivity index (χ1) is 13.1. The van der Waals surface area contributed by atoms with Gasteiger partial charge < -0.3 is 9.64 Å². The van der Waals surface area contributed by atoms with E-state index in [9.17, 15) is 4.79 Å². The number of amides is 1. The first-order valence-electron chi connectivity index (χ1n) is 9.01. The summed E-state index contributed by atoms with van der Waals surface area (Å²) in [5.41, 5.74) is 2.13. The zero-order valence-electron chi connectivity index (χ0n) is 15.3. The second-order valence-electron chi connectivity index (χ2n) is 7.37. The van der Waals surface area contributed by atoms with Crippen molar-refractivity contribution in [2.24, 2.45) is 5.41 Å². The number of hydrogen-bond donors (Lipinski definition) is 0. The summed E-state index contributed by atoms with van der Waals surface area (Å²) in [6.45, 7) is 4.74. The summed E-state index contributed by atoms with van der Waals surface area (Å²) in [5, 5.41) is 0. The van der Waals surface area contributed by atoms with Crippen molar-refractivity contribution in [3.05, 3.63) is 64.3 Å². The molecule has 2 fully saturated rings. The minimum atomic E-state index is 0.0596. The average Bonchev–Trinajstić information content (AvgIpc) is 2.63. The molecule has 1 amide bonds. The Hall–Kier alpha value is -2.18. The van der Waals surface area contributed by atoms with Crippen LogP contribution in [0.4, 0.5) is 0 Å². The smallest absolute Gasteiger partial charge is 0.255 e. The highest BCUT2D eigenvalue weighted by molar-refractivity contribution is 9.10. The Kier molecular flexibility index (Phi) is 5.02. The number of pyridine rings is 1. The van der Waals surface area contributed by atoms with Crippen LogP contribution in [0.5, 0.6) is 5.88 Å². The predicted molar refractivity (Wildman–Crippen MR) is 109 cm³/mol. The van der Waals surface area contributed by atoms with E-state index in [0.717, 1.165) is 37.2 Å². The Morgan fingerprint density at radius 1 is 1.19 bits per heavy atom. The van der Waals surface area contributed by atoms with Crippen molar-refractivity contribution in [1.82, 2.24) is 14.8 Å². The van der Waals surface area contributed by atoms with Crippen LogP contribution in [0.15, 0.2) is 53.1 Å². The van der Waals surface area contributed by atoms with E-state index in [1.54, 1.807) is 25.4 Å². The van der Waals surface area contributed by atoms with Gasteiger partial charge in [-0.2, -0.15) is 0 Å². The Bertz CT molecular complexity index is 835. The molecular weight excluding hydrogens is 406 g/mol. The maximum absolute atomic E-state index is 12.5. The molecule has 0 aliphatic carbocycles. The summed E-state index contributed by atoms with van der Waals surface area (Å²) in [6, 6.07) is 11.8. The van der Waals surface area contributed by atoms with Crippen molar-refractivity contribution in [2.75, 3.05) is 39.8 Å². The summed E-state index contributed by atoms with van der Waals surface area (Å²) in [4.78, 5) is 21.0. The zero-order chi connectivity index (χ0) is 18.9. The second-order valence-corrected chi connectivity index (χ2v) is 8.29. The van der Waals surface area contributed by atoms with Crippen molar-refractivity contribution in [3.63, 3.8) is 0 Å². The van der Waals surface area contributed by atoms with Gasteiger partial charge in [0.15, 0.2) is 0 Å². The van der Waals surface area contributed by atoms with Gasteiger partial charge in [-0.25, -0.2) is 4.98 Å². The monoisotopic (exact) mass is 427 g/mol. The molecule has 4 rings (SSSR count). The van der Waals surface area contributed by atoms with Gasteiger partial charge in [-0.05, 0) is 23.8 Å².